The largest absolute Gasteiger partial charge is 0.182 e. The molecule has 0 radical (unpaired) electrons. The molecule has 1 aliphatic heterocycles. The predicted molar refractivity (Wildman–Crippen MR) is 157 cm³/mol. The Labute approximate surface area is 219 Å². The Morgan fingerprint density at radius 3 is 1.31 bits per heavy atom. The van der Waals surface area contributed by atoms with E-state index in [1.165, 1.54) is 61.1 Å². The molecule has 4 aromatic rings. The Morgan fingerprint density at radius 1 is 0.571 bits per heavy atom. The number of hydrogen-bond donors (Lipinski definition) is 0. The third-order valence-electron chi connectivity index (χ3n) is 9.07. The lowest BCUT2D eigenvalue weighted by Gasteiger charge is -2.31. The van der Waals surface area contributed by atoms with Crippen molar-refractivity contribution in [2.24, 2.45) is 0 Å². The second-order valence-corrected chi connectivity index (χ2v) is 17.4. The molecule has 0 spiro atoms. The molecule has 2 saturated carbocycles. The molecule has 2 aromatic heterocycles. The lowest BCUT2D eigenvalue weighted by Crippen LogP contribution is -2.72. The highest BCUT2D eigenvalue weighted by Crippen LogP contribution is 2.40. The van der Waals surface area contributed by atoms with Crippen molar-refractivity contribution in [3.63, 3.8) is 0 Å². The Bertz CT molecular complexity index is 1250. The highest BCUT2D eigenvalue weighted by molar-refractivity contribution is 7.34. The molecule has 0 bridgehead atoms. The van der Waals surface area contributed by atoms with Gasteiger partial charge in [-0.3, -0.25) is 0 Å². The molecule has 2 fully saturated rings. The summed E-state index contributed by atoms with van der Waals surface area (Å²) in [4.78, 5) is 6.02. The van der Waals surface area contributed by atoms with Crippen LogP contribution in [0, 0.1) is 13.8 Å². The SMILES string of the molecule is Cc1cc2c(s1)-c1sc(C)cc1[Si]2(c1ccc(C2CCCC2)cc1)c1ccc(C2CCCC2)cc1. The molecule has 3 heterocycles. The van der Waals surface area contributed by atoms with Gasteiger partial charge in [0.05, 0.1) is 0 Å². The molecule has 0 atom stereocenters. The van der Waals surface area contributed by atoms with Crippen LogP contribution in [0.25, 0.3) is 9.75 Å². The Morgan fingerprint density at radius 2 is 0.943 bits per heavy atom. The van der Waals surface area contributed by atoms with Crippen molar-refractivity contribution in [3.8, 4) is 9.75 Å². The summed E-state index contributed by atoms with van der Waals surface area (Å²) in [5.41, 5.74) is 3.13. The van der Waals surface area contributed by atoms with Gasteiger partial charge in [-0.15, -0.1) is 22.7 Å². The molecule has 7 rings (SSSR count). The molecule has 0 nitrogen and oxygen atoms in total. The second-order valence-electron chi connectivity index (χ2n) is 11.2. The standard InChI is InChI=1S/C32H34S2Si/c1-21-19-29-31(33-21)32-30(20-22(2)34-32)35(29,27-15-11-25(12-16-27)23-7-3-4-8-23)28-17-13-26(14-18-28)24-9-5-6-10-24/h11-20,23-24H,3-10H2,1-2H3. The first-order valence-corrected chi connectivity index (χ1v) is 17.2. The van der Waals surface area contributed by atoms with Crippen LogP contribution in [-0.2, 0) is 0 Å². The molecule has 0 unspecified atom stereocenters. The fourth-order valence-corrected chi connectivity index (χ4v) is 16.0. The van der Waals surface area contributed by atoms with Gasteiger partial charge in [-0.25, -0.2) is 0 Å². The van der Waals surface area contributed by atoms with Crippen molar-refractivity contribution in [2.75, 3.05) is 0 Å². The van der Waals surface area contributed by atoms with Crippen LogP contribution >= 0.6 is 22.7 Å². The summed E-state index contributed by atoms with van der Waals surface area (Å²) < 4.78 is 0. The van der Waals surface area contributed by atoms with Gasteiger partial charge in [0, 0.05) is 19.5 Å². The van der Waals surface area contributed by atoms with E-state index in [0.717, 1.165) is 11.8 Å². The van der Waals surface area contributed by atoms with Crippen LogP contribution in [0.15, 0.2) is 60.7 Å². The Hall–Kier alpha value is -1.94. The van der Waals surface area contributed by atoms with Gasteiger partial charge in [0.15, 0.2) is 8.07 Å². The average molecular weight is 511 g/mol. The van der Waals surface area contributed by atoms with Crippen molar-refractivity contribution in [2.45, 2.75) is 77.0 Å². The van der Waals surface area contributed by atoms with E-state index in [4.69, 9.17) is 0 Å². The van der Waals surface area contributed by atoms with Crippen molar-refractivity contribution in [1.82, 2.24) is 0 Å². The topological polar surface area (TPSA) is 0 Å². The van der Waals surface area contributed by atoms with Crippen molar-refractivity contribution in [3.05, 3.63) is 81.5 Å². The summed E-state index contributed by atoms with van der Waals surface area (Å²) in [5, 5.41) is 6.43. The number of aryl methyl sites for hydroxylation is 2. The van der Waals surface area contributed by atoms with Gasteiger partial charge in [-0.1, -0.05) is 74.2 Å². The highest BCUT2D eigenvalue weighted by atomic mass is 32.1. The van der Waals surface area contributed by atoms with Crippen LogP contribution in [0.4, 0.5) is 0 Å². The zero-order chi connectivity index (χ0) is 23.6. The van der Waals surface area contributed by atoms with Crippen molar-refractivity contribution in [1.29, 1.82) is 0 Å². The quantitative estimate of drug-likeness (QED) is 0.226. The first-order chi connectivity index (χ1) is 17.1. The minimum absolute atomic E-state index is 0.772. The van der Waals surface area contributed by atoms with E-state index in [9.17, 15) is 0 Å². The third-order valence-corrected chi connectivity index (χ3v) is 16.5. The van der Waals surface area contributed by atoms with Crippen molar-refractivity contribution < 1.29 is 0 Å². The fraction of sp³-hybridized carbons (Fsp3) is 0.375. The lowest BCUT2D eigenvalue weighted by atomic mass is 9.98. The van der Waals surface area contributed by atoms with Gasteiger partial charge >= 0.3 is 0 Å². The average Bonchev–Trinajstić information content (AvgIpc) is 3.69. The molecule has 2 aromatic carbocycles. The highest BCUT2D eigenvalue weighted by Gasteiger charge is 2.50. The van der Waals surface area contributed by atoms with Crippen LogP contribution in [0.2, 0.25) is 0 Å². The number of hydrogen-bond acceptors (Lipinski definition) is 2. The summed E-state index contributed by atoms with van der Waals surface area (Å²) in [6.07, 6.45) is 11.1. The van der Waals surface area contributed by atoms with Gasteiger partial charge < -0.3 is 0 Å². The molecular weight excluding hydrogens is 477 g/mol. The van der Waals surface area contributed by atoms with E-state index in [2.05, 4.69) is 74.5 Å². The molecule has 0 amide bonds. The van der Waals surface area contributed by atoms with Crippen molar-refractivity contribution >= 4 is 51.5 Å². The fourth-order valence-electron chi connectivity index (χ4n) is 7.39. The summed E-state index contributed by atoms with van der Waals surface area (Å²) in [7, 11) is -2.29. The van der Waals surface area contributed by atoms with E-state index in [0.29, 0.717) is 0 Å². The third kappa shape index (κ3) is 3.42. The summed E-state index contributed by atoms with van der Waals surface area (Å²) in [5.74, 6) is 1.54. The predicted octanol–water partition coefficient (Wildman–Crippen LogP) is 7.10. The minimum Gasteiger partial charge on any atom is -0.140 e. The maximum atomic E-state index is 2.55. The summed E-state index contributed by atoms with van der Waals surface area (Å²) in [6, 6.07) is 25.2. The molecule has 2 aliphatic carbocycles. The molecule has 0 saturated heterocycles. The molecule has 3 aliphatic rings. The second kappa shape index (κ2) is 8.57. The van der Waals surface area contributed by atoms with Gasteiger partial charge in [-0.2, -0.15) is 0 Å². The van der Waals surface area contributed by atoms with E-state index in [1.54, 1.807) is 41.6 Å². The molecule has 0 N–H and O–H groups in total. The van der Waals surface area contributed by atoms with Gasteiger partial charge in [0.2, 0.25) is 0 Å². The van der Waals surface area contributed by atoms with Crippen LogP contribution in [0.3, 0.4) is 0 Å². The first-order valence-electron chi connectivity index (χ1n) is 13.6. The van der Waals surface area contributed by atoms with Crippen LogP contribution in [0.5, 0.6) is 0 Å². The normalized spacial score (nSPS) is 19.4. The number of fused-ring (bicyclic) bond motifs is 3. The minimum atomic E-state index is -2.29. The molecule has 3 heteroatoms. The first kappa shape index (κ1) is 22.3. The summed E-state index contributed by atoms with van der Waals surface area (Å²) >= 11 is 4.03. The maximum Gasteiger partial charge on any atom is 0.182 e. The monoisotopic (exact) mass is 510 g/mol. The van der Waals surface area contributed by atoms with E-state index in [-0.39, 0.29) is 0 Å². The Kier molecular flexibility index (Phi) is 5.45. The van der Waals surface area contributed by atoms with Crippen LogP contribution < -0.4 is 20.7 Å². The van der Waals surface area contributed by atoms with Gasteiger partial charge in [0.1, 0.15) is 0 Å². The van der Waals surface area contributed by atoms with E-state index < -0.39 is 8.07 Å². The molecule has 178 valence electrons. The number of benzene rings is 2. The smallest absolute Gasteiger partial charge is 0.140 e. The van der Waals surface area contributed by atoms with E-state index in [1.807, 2.05) is 22.7 Å². The van der Waals surface area contributed by atoms with E-state index >= 15 is 0 Å². The van der Waals surface area contributed by atoms with Gasteiger partial charge in [0.25, 0.3) is 0 Å². The van der Waals surface area contributed by atoms with Gasteiger partial charge in [-0.05, 0) is 95.4 Å². The Balaban J connectivity index is 1.43. The number of thiophene rings is 2. The number of rotatable bonds is 4. The van der Waals surface area contributed by atoms with Crippen LogP contribution in [-0.4, -0.2) is 8.07 Å². The zero-order valence-electron chi connectivity index (χ0n) is 20.9. The maximum absolute atomic E-state index is 2.55. The van der Waals surface area contributed by atoms with Crippen LogP contribution in [0.1, 0.15) is 84.1 Å². The molecule has 35 heavy (non-hydrogen) atoms. The lowest BCUT2D eigenvalue weighted by molar-refractivity contribution is 0.723. The molecular formula is C32H34S2Si. The zero-order valence-corrected chi connectivity index (χ0v) is 23.5. The summed E-state index contributed by atoms with van der Waals surface area (Å²) in [6.45, 7) is 4.60.